The van der Waals surface area contributed by atoms with Gasteiger partial charge in [0.1, 0.15) is 6.61 Å². The molecule has 0 atom stereocenters. The van der Waals surface area contributed by atoms with Crippen molar-refractivity contribution in [3.05, 3.63) is 35.9 Å². The van der Waals surface area contributed by atoms with E-state index in [0.29, 0.717) is 0 Å². The zero-order valence-corrected chi connectivity index (χ0v) is 8.47. The number of nitrogens with zero attached hydrogens (tertiary/aromatic N) is 1. The van der Waals surface area contributed by atoms with Crippen molar-refractivity contribution in [3.63, 3.8) is 0 Å². The van der Waals surface area contributed by atoms with E-state index in [-0.39, 0.29) is 13.0 Å². The minimum atomic E-state index is -0.828. The lowest BCUT2D eigenvalue weighted by Gasteiger charge is -2.02. The molecule has 0 bridgehead atoms. The van der Waals surface area contributed by atoms with Crippen LogP contribution in [0.1, 0.15) is 18.9 Å². The van der Waals surface area contributed by atoms with Gasteiger partial charge in [0.05, 0.1) is 0 Å². The molecule has 0 saturated carbocycles. The second-order valence-electron chi connectivity index (χ2n) is 2.90. The Morgan fingerprint density at radius 3 is 2.53 bits per heavy atom. The van der Waals surface area contributed by atoms with Crippen LogP contribution < -0.4 is 5.32 Å². The summed E-state index contributed by atoms with van der Waals surface area (Å²) in [6.45, 7) is 1.77. The van der Waals surface area contributed by atoms with E-state index in [1.54, 1.807) is 6.92 Å². The Bertz CT molecular complexity index is 335. The number of imide groups is 1. The molecule has 15 heavy (non-hydrogen) atoms. The monoisotopic (exact) mass is 206 g/mol. The first-order chi connectivity index (χ1) is 7.22. The van der Waals surface area contributed by atoms with Crippen molar-refractivity contribution < 1.29 is 14.3 Å². The Kier molecular flexibility index (Phi) is 4.34. The van der Waals surface area contributed by atoms with Crippen molar-refractivity contribution in [2.45, 2.75) is 20.0 Å². The number of hydrogen-bond donors (Lipinski definition) is 0. The van der Waals surface area contributed by atoms with E-state index in [1.807, 2.05) is 30.3 Å². The van der Waals surface area contributed by atoms with Gasteiger partial charge in [0, 0.05) is 6.42 Å². The summed E-state index contributed by atoms with van der Waals surface area (Å²) in [5, 5.41) is 3.21. The van der Waals surface area contributed by atoms with Crippen LogP contribution in [0, 0.1) is 0 Å². The van der Waals surface area contributed by atoms with E-state index < -0.39 is 12.0 Å². The molecule has 1 aromatic rings. The fourth-order valence-electron chi connectivity index (χ4n) is 0.932. The Morgan fingerprint density at radius 1 is 1.27 bits per heavy atom. The van der Waals surface area contributed by atoms with E-state index in [1.165, 1.54) is 0 Å². The second-order valence-corrected chi connectivity index (χ2v) is 2.90. The number of amides is 2. The largest absolute Gasteiger partial charge is 0.443 e. The van der Waals surface area contributed by atoms with Gasteiger partial charge in [0.25, 0.3) is 5.91 Å². The molecular formula is C11H12NO3. The summed E-state index contributed by atoms with van der Waals surface area (Å²) >= 11 is 0. The van der Waals surface area contributed by atoms with E-state index >= 15 is 0 Å². The summed E-state index contributed by atoms with van der Waals surface area (Å²) < 4.78 is 4.77. The van der Waals surface area contributed by atoms with Crippen molar-refractivity contribution in [1.29, 1.82) is 0 Å². The van der Waals surface area contributed by atoms with E-state index in [4.69, 9.17) is 4.74 Å². The smallest absolute Gasteiger partial charge is 0.437 e. The van der Waals surface area contributed by atoms with Crippen LogP contribution in [-0.4, -0.2) is 12.0 Å². The third kappa shape index (κ3) is 4.26. The number of ether oxygens (including phenoxy) is 1. The maximum absolute atomic E-state index is 11.0. The maximum atomic E-state index is 11.0. The highest BCUT2D eigenvalue weighted by Crippen LogP contribution is 2.00. The van der Waals surface area contributed by atoms with Gasteiger partial charge in [-0.25, -0.2) is 4.79 Å². The third-order valence-corrected chi connectivity index (χ3v) is 1.72. The minimum absolute atomic E-state index is 0.139. The van der Waals surface area contributed by atoms with Gasteiger partial charge in [-0.3, -0.25) is 4.79 Å². The highest BCUT2D eigenvalue weighted by atomic mass is 16.5. The molecule has 2 amide bonds. The molecule has 0 aliphatic rings. The SMILES string of the molecule is CCC(=O)[N]C(=O)OCc1ccccc1. The van der Waals surface area contributed by atoms with Crippen LogP contribution in [0.2, 0.25) is 0 Å². The van der Waals surface area contributed by atoms with Crippen LogP contribution in [0.3, 0.4) is 0 Å². The van der Waals surface area contributed by atoms with Gasteiger partial charge in [-0.15, -0.1) is 5.32 Å². The highest BCUT2D eigenvalue weighted by Gasteiger charge is 2.09. The molecule has 0 fully saturated rings. The molecule has 79 valence electrons. The van der Waals surface area contributed by atoms with E-state index in [0.717, 1.165) is 5.56 Å². The highest BCUT2D eigenvalue weighted by molar-refractivity contribution is 5.91. The summed E-state index contributed by atoms with van der Waals surface area (Å²) in [7, 11) is 0. The molecule has 1 radical (unpaired) electrons. The molecule has 0 saturated heterocycles. The summed E-state index contributed by atoms with van der Waals surface area (Å²) in [6, 6.07) is 9.22. The molecule has 4 heteroatoms. The van der Waals surface area contributed by atoms with Crippen LogP contribution in [0.5, 0.6) is 0 Å². The normalized spacial score (nSPS) is 9.40. The quantitative estimate of drug-likeness (QED) is 0.758. The summed E-state index contributed by atoms with van der Waals surface area (Å²) in [5.41, 5.74) is 0.866. The lowest BCUT2D eigenvalue weighted by atomic mass is 10.2. The van der Waals surface area contributed by atoms with Gasteiger partial charge in [-0.2, -0.15) is 0 Å². The van der Waals surface area contributed by atoms with Gasteiger partial charge in [-0.05, 0) is 5.56 Å². The zero-order valence-electron chi connectivity index (χ0n) is 8.47. The van der Waals surface area contributed by atoms with Gasteiger partial charge >= 0.3 is 6.09 Å². The van der Waals surface area contributed by atoms with Crippen molar-refractivity contribution in [2.24, 2.45) is 0 Å². The first-order valence-corrected chi connectivity index (χ1v) is 4.67. The number of rotatable bonds is 3. The van der Waals surface area contributed by atoms with E-state index in [2.05, 4.69) is 5.32 Å². The molecule has 4 nitrogen and oxygen atoms in total. The van der Waals surface area contributed by atoms with Crippen LogP contribution in [0.15, 0.2) is 30.3 Å². The maximum Gasteiger partial charge on any atom is 0.437 e. The van der Waals surface area contributed by atoms with E-state index in [9.17, 15) is 9.59 Å². The van der Waals surface area contributed by atoms with Gasteiger partial charge < -0.3 is 4.74 Å². The fourth-order valence-corrected chi connectivity index (χ4v) is 0.932. The fraction of sp³-hybridized carbons (Fsp3) is 0.273. The first-order valence-electron chi connectivity index (χ1n) is 4.67. The summed E-state index contributed by atoms with van der Waals surface area (Å²) in [5.74, 6) is -0.465. The Labute approximate surface area is 88.2 Å². The molecule has 0 unspecified atom stereocenters. The molecule has 0 aliphatic heterocycles. The predicted molar refractivity (Wildman–Crippen MR) is 54.1 cm³/mol. The van der Waals surface area contributed by atoms with Crippen molar-refractivity contribution in [3.8, 4) is 0 Å². The van der Waals surface area contributed by atoms with Crippen LogP contribution >= 0.6 is 0 Å². The van der Waals surface area contributed by atoms with Gasteiger partial charge in [0.2, 0.25) is 0 Å². The van der Waals surface area contributed by atoms with Gasteiger partial charge in [-0.1, -0.05) is 37.3 Å². The average Bonchev–Trinajstić information content (AvgIpc) is 2.27. The number of hydrogen-bond acceptors (Lipinski definition) is 3. The standard InChI is InChI=1S/C11H12NO3/c1-2-10(13)12-11(14)15-8-9-6-4-3-5-7-9/h3-7H,2,8H2,1H3. The Hall–Kier alpha value is -1.84. The Morgan fingerprint density at radius 2 is 1.93 bits per heavy atom. The molecule has 1 aromatic carbocycles. The molecule has 0 heterocycles. The summed E-state index contributed by atoms with van der Waals surface area (Å²) in [4.78, 5) is 21.7. The average molecular weight is 206 g/mol. The molecule has 0 aliphatic carbocycles. The van der Waals surface area contributed by atoms with Crippen LogP contribution in [0.4, 0.5) is 4.79 Å². The number of carbonyl (C=O) groups is 2. The van der Waals surface area contributed by atoms with Crippen LogP contribution in [0.25, 0.3) is 0 Å². The zero-order chi connectivity index (χ0) is 11.1. The molecule has 0 aromatic heterocycles. The number of carbonyl (C=O) groups excluding carboxylic acids is 2. The second kappa shape index (κ2) is 5.80. The lowest BCUT2D eigenvalue weighted by Crippen LogP contribution is -2.22. The van der Waals surface area contributed by atoms with Crippen molar-refractivity contribution in [2.75, 3.05) is 0 Å². The van der Waals surface area contributed by atoms with Crippen molar-refractivity contribution >= 4 is 12.0 Å². The van der Waals surface area contributed by atoms with Crippen molar-refractivity contribution in [1.82, 2.24) is 5.32 Å². The molecule has 0 N–H and O–H groups in total. The topological polar surface area (TPSA) is 57.5 Å². The van der Waals surface area contributed by atoms with Crippen LogP contribution in [-0.2, 0) is 16.1 Å². The molecular weight excluding hydrogens is 194 g/mol. The summed E-state index contributed by atoms with van der Waals surface area (Å²) in [6.07, 6.45) is -0.619. The lowest BCUT2D eigenvalue weighted by molar-refractivity contribution is -0.120. The first kappa shape index (κ1) is 11.2. The number of benzene rings is 1. The third-order valence-electron chi connectivity index (χ3n) is 1.72. The predicted octanol–water partition coefficient (Wildman–Crippen LogP) is 1.86. The molecule has 0 spiro atoms. The minimum Gasteiger partial charge on any atom is -0.443 e. The molecule has 1 rings (SSSR count). The Balaban J connectivity index is 2.32. The van der Waals surface area contributed by atoms with Gasteiger partial charge in [0.15, 0.2) is 0 Å².